The summed E-state index contributed by atoms with van der Waals surface area (Å²) in [6, 6.07) is -0.436. The summed E-state index contributed by atoms with van der Waals surface area (Å²) >= 11 is 0. The minimum absolute atomic E-state index is 0.000163. The van der Waals surface area contributed by atoms with E-state index in [2.05, 4.69) is 13.8 Å². The van der Waals surface area contributed by atoms with E-state index < -0.39 is 6.04 Å². The fourth-order valence-electron chi connectivity index (χ4n) is 1.29. The molecule has 0 spiro atoms. The van der Waals surface area contributed by atoms with Crippen molar-refractivity contribution in [1.82, 2.24) is 0 Å². The Hall–Kier alpha value is -0.570. The molecule has 0 radical (unpaired) electrons. The van der Waals surface area contributed by atoms with Gasteiger partial charge in [-0.05, 0) is 19.8 Å². The maximum atomic E-state index is 11.4. The lowest BCUT2D eigenvalue weighted by Crippen LogP contribution is -2.34. The van der Waals surface area contributed by atoms with E-state index in [0.717, 1.165) is 32.1 Å². The van der Waals surface area contributed by atoms with Crippen molar-refractivity contribution in [2.24, 2.45) is 5.73 Å². The SMILES string of the molecule is CCCC[C@H](N)C(=O)OC(C)CCC. The molecule has 2 N–H and O–H groups in total. The van der Waals surface area contributed by atoms with Crippen LogP contribution in [0.25, 0.3) is 0 Å². The summed E-state index contributed by atoms with van der Waals surface area (Å²) in [4.78, 5) is 11.4. The van der Waals surface area contributed by atoms with Gasteiger partial charge in [-0.2, -0.15) is 0 Å². The number of hydrogen-bond donors (Lipinski definition) is 1. The van der Waals surface area contributed by atoms with Crippen LogP contribution in [0.5, 0.6) is 0 Å². The van der Waals surface area contributed by atoms with Gasteiger partial charge in [0, 0.05) is 0 Å². The number of esters is 1. The summed E-state index contributed by atoms with van der Waals surface area (Å²) < 4.78 is 5.19. The van der Waals surface area contributed by atoms with E-state index in [1.165, 1.54) is 0 Å². The number of carbonyl (C=O) groups excluding carboxylic acids is 1. The van der Waals surface area contributed by atoms with Crippen LogP contribution in [0, 0.1) is 0 Å². The molecule has 0 amide bonds. The Labute approximate surface area is 87.0 Å². The molecule has 0 heterocycles. The Kier molecular flexibility index (Phi) is 7.48. The van der Waals surface area contributed by atoms with Crippen molar-refractivity contribution in [2.45, 2.75) is 65.0 Å². The molecular formula is C11H23NO2. The highest BCUT2D eigenvalue weighted by molar-refractivity contribution is 5.75. The Balaban J connectivity index is 3.71. The molecule has 1 unspecified atom stereocenters. The lowest BCUT2D eigenvalue weighted by molar-refractivity contribution is -0.150. The molecular weight excluding hydrogens is 178 g/mol. The van der Waals surface area contributed by atoms with Crippen molar-refractivity contribution in [2.75, 3.05) is 0 Å². The quantitative estimate of drug-likeness (QED) is 0.643. The second-order valence-electron chi connectivity index (χ2n) is 3.78. The summed E-state index contributed by atoms with van der Waals surface area (Å²) in [7, 11) is 0. The molecule has 0 bridgehead atoms. The number of unbranched alkanes of at least 4 members (excludes halogenated alkanes) is 1. The van der Waals surface area contributed by atoms with Crippen molar-refractivity contribution in [3.63, 3.8) is 0 Å². The van der Waals surface area contributed by atoms with Crippen LogP contribution in [-0.2, 0) is 9.53 Å². The minimum atomic E-state index is -0.436. The van der Waals surface area contributed by atoms with Gasteiger partial charge in [-0.3, -0.25) is 4.79 Å². The number of nitrogens with two attached hydrogens (primary N) is 1. The lowest BCUT2D eigenvalue weighted by Gasteiger charge is -2.15. The molecule has 3 nitrogen and oxygen atoms in total. The van der Waals surface area contributed by atoms with Gasteiger partial charge in [-0.15, -0.1) is 0 Å². The molecule has 3 heteroatoms. The van der Waals surface area contributed by atoms with Gasteiger partial charge in [0.05, 0.1) is 6.10 Å². The van der Waals surface area contributed by atoms with Crippen LogP contribution in [0.3, 0.4) is 0 Å². The smallest absolute Gasteiger partial charge is 0.323 e. The van der Waals surface area contributed by atoms with Crippen molar-refractivity contribution in [3.8, 4) is 0 Å². The van der Waals surface area contributed by atoms with Gasteiger partial charge >= 0.3 is 5.97 Å². The summed E-state index contributed by atoms with van der Waals surface area (Å²) in [5.74, 6) is -0.251. The molecule has 2 atom stereocenters. The third-order valence-electron chi connectivity index (χ3n) is 2.18. The van der Waals surface area contributed by atoms with E-state index in [0.29, 0.717) is 0 Å². The average molecular weight is 201 g/mol. The van der Waals surface area contributed by atoms with Crippen molar-refractivity contribution >= 4 is 5.97 Å². The number of carbonyl (C=O) groups is 1. The molecule has 0 aromatic rings. The Morgan fingerprint density at radius 3 is 2.43 bits per heavy atom. The largest absolute Gasteiger partial charge is 0.462 e. The van der Waals surface area contributed by atoms with Gasteiger partial charge in [0.2, 0.25) is 0 Å². The number of hydrogen-bond acceptors (Lipinski definition) is 3. The van der Waals surface area contributed by atoms with Gasteiger partial charge < -0.3 is 10.5 Å². The van der Waals surface area contributed by atoms with Gasteiger partial charge in [0.15, 0.2) is 0 Å². The Bertz CT molecular complexity index is 159. The van der Waals surface area contributed by atoms with Crippen LogP contribution < -0.4 is 5.73 Å². The Morgan fingerprint density at radius 2 is 1.93 bits per heavy atom. The summed E-state index contributed by atoms with van der Waals surface area (Å²) in [6.45, 7) is 6.06. The number of rotatable bonds is 7. The van der Waals surface area contributed by atoms with Crippen molar-refractivity contribution < 1.29 is 9.53 Å². The molecule has 0 rings (SSSR count). The van der Waals surface area contributed by atoms with E-state index >= 15 is 0 Å². The predicted molar refractivity (Wildman–Crippen MR) is 58.0 cm³/mol. The standard InChI is InChI=1S/C11H23NO2/c1-4-6-8-10(12)11(13)14-9(3)7-5-2/h9-10H,4-8,12H2,1-3H3/t9?,10-/m0/s1. The summed E-state index contributed by atoms with van der Waals surface area (Å²) in [5, 5.41) is 0. The van der Waals surface area contributed by atoms with Crippen LogP contribution in [0.2, 0.25) is 0 Å². The third kappa shape index (κ3) is 5.97. The molecule has 84 valence electrons. The van der Waals surface area contributed by atoms with Crippen molar-refractivity contribution in [3.05, 3.63) is 0 Å². The van der Waals surface area contributed by atoms with E-state index in [-0.39, 0.29) is 12.1 Å². The second kappa shape index (κ2) is 7.80. The highest BCUT2D eigenvalue weighted by atomic mass is 16.5. The summed E-state index contributed by atoms with van der Waals surface area (Å²) in [6.07, 6.45) is 4.71. The molecule has 14 heavy (non-hydrogen) atoms. The van der Waals surface area contributed by atoms with Crippen molar-refractivity contribution in [1.29, 1.82) is 0 Å². The minimum Gasteiger partial charge on any atom is -0.462 e. The molecule has 0 saturated heterocycles. The first kappa shape index (κ1) is 13.4. The highest BCUT2D eigenvalue weighted by Gasteiger charge is 2.16. The molecule has 0 aromatic carbocycles. The monoisotopic (exact) mass is 201 g/mol. The van der Waals surface area contributed by atoms with Gasteiger partial charge in [-0.25, -0.2) is 0 Å². The first-order valence-corrected chi connectivity index (χ1v) is 5.57. The normalized spacial score (nSPS) is 14.9. The first-order valence-electron chi connectivity index (χ1n) is 5.57. The molecule has 0 fully saturated rings. The maximum absolute atomic E-state index is 11.4. The van der Waals surface area contributed by atoms with E-state index in [1.54, 1.807) is 0 Å². The zero-order valence-corrected chi connectivity index (χ0v) is 9.58. The van der Waals surface area contributed by atoms with Crippen LogP contribution in [-0.4, -0.2) is 18.1 Å². The van der Waals surface area contributed by atoms with Crippen LogP contribution in [0.15, 0.2) is 0 Å². The lowest BCUT2D eigenvalue weighted by atomic mass is 10.1. The molecule has 0 aliphatic heterocycles. The Morgan fingerprint density at radius 1 is 1.29 bits per heavy atom. The molecule has 0 aliphatic rings. The van der Waals surface area contributed by atoms with Gasteiger partial charge in [0.25, 0.3) is 0 Å². The van der Waals surface area contributed by atoms with E-state index in [1.807, 2.05) is 6.92 Å². The maximum Gasteiger partial charge on any atom is 0.323 e. The second-order valence-corrected chi connectivity index (χ2v) is 3.78. The van der Waals surface area contributed by atoms with Crippen LogP contribution in [0.4, 0.5) is 0 Å². The van der Waals surface area contributed by atoms with E-state index in [4.69, 9.17) is 10.5 Å². The average Bonchev–Trinajstić information content (AvgIpc) is 2.14. The first-order chi connectivity index (χ1) is 6.61. The molecule has 0 saturated carbocycles. The highest BCUT2D eigenvalue weighted by Crippen LogP contribution is 2.05. The third-order valence-corrected chi connectivity index (χ3v) is 2.18. The zero-order valence-electron chi connectivity index (χ0n) is 9.58. The molecule has 0 aromatic heterocycles. The fourth-order valence-corrected chi connectivity index (χ4v) is 1.29. The summed E-state index contributed by atoms with van der Waals surface area (Å²) in [5.41, 5.74) is 5.67. The van der Waals surface area contributed by atoms with Crippen LogP contribution in [0.1, 0.15) is 52.9 Å². The van der Waals surface area contributed by atoms with Gasteiger partial charge in [-0.1, -0.05) is 33.1 Å². The topological polar surface area (TPSA) is 52.3 Å². The molecule has 0 aliphatic carbocycles. The van der Waals surface area contributed by atoms with E-state index in [9.17, 15) is 4.79 Å². The predicted octanol–water partition coefficient (Wildman–Crippen LogP) is 2.24. The number of ether oxygens (including phenoxy) is 1. The zero-order chi connectivity index (χ0) is 11.0. The van der Waals surface area contributed by atoms with Crippen LogP contribution >= 0.6 is 0 Å². The fraction of sp³-hybridized carbons (Fsp3) is 0.909. The van der Waals surface area contributed by atoms with Gasteiger partial charge in [0.1, 0.15) is 6.04 Å².